The van der Waals surface area contributed by atoms with Crippen molar-refractivity contribution in [3.8, 4) is 0 Å². The van der Waals surface area contributed by atoms with Crippen molar-refractivity contribution < 1.29 is 4.79 Å². The van der Waals surface area contributed by atoms with E-state index in [0.717, 1.165) is 30.1 Å². The van der Waals surface area contributed by atoms with Gasteiger partial charge in [-0.3, -0.25) is 9.78 Å². The molecule has 1 aliphatic heterocycles. The standard InChI is InChI=1S/C19H23N3OS.ClH/c1-14-5-7-17(8-6-14)24-15(2)19(23)22-11-10-21-13-18(22)16-4-3-9-20-12-16;/h3-9,12,15,18,21H,10-11,13H2,1-2H3;1H. The monoisotopic (exact) mass is 377 g/mol. The molecule has 0 aliphatic carbocycles. The van der Waals surface area contributed by atoms with Crippen molar-refractivity contribution in [2.75, 3.05) is 19.6 Å². The van der Waals surface area contributed by atoms with Crippen LogP contribution in [0, 0.1) is 6.92 Å². The Morgan fingerprint density at radius 3 is 2.76 bits per heavy atom. The van der Waals surface area contributed by atoms with Crippen LogP contribution < -0.4 is 5.32 Å². The number of pyridine rings is 1. The number of aryl methyl sites for hydroxylation is 1. The molecule has 6 heteroatoms. The number of thioether (sulfide) groups is 1. The number of piperazine rings is 1. The van der Waals surface area contributed by atoms with Gasteiger partial charge in [0.1, 0.15) is 0 Å². The van der Waals surface area contributed by atoms with E-state index in [4.69, 9.17) is 0 Å². The summed E-state index contributed by atoms with van der Waals surface area (Å²) in [5.74, 6) is 0.191. The number of carbonyl (C=O) groups is 1. The third-order valence-electron chi connectivity index (χ3n) is 4.28. The molecule has 0 saturated carbocycles. The molecule has 2 unspecified atom stereocenters. The van der Waals surface area contributed by atoms with Crippen LogP contribution in [0.15, 0.2) is 53.7 Å². The first-order valence-corrected chi connectivity index (χ1v) is 9.17. The van der Waals surface area contributed by atoms with Crippen LogP contribution in [0.3, 0.4) is 0 Å². The zero-order valence-electron chi connectivity index (χ0n) is 14.5. The summed E-state index contributed by atoms with van der Waals surface area (Å²) in [5, 5.41) is 3.28. The first-order chi connectivity index (χ1) is 11.6. The molecule has 0 bridgehead atoms. The molecule has 1 aromatic carbocycles. The van der Waals surface area contributed by atoms with Gasteiger partial charge in [0.15, 0.2) is 0 Å². The zero-order chi connectivity index (χ0) is 16.9. The highest BCUT2D eigenvalue weighted by Crippen LogP contribution is 2.28. The normalized spacial score (nSPS) is 18.3. The second kappa shape index (κ2) is 9.22. The summed E-state index contributed by atoms with van der Waals surface area (Å²) < 4.78 is 0. The quantitative estimate of drug-likeness (QED) is 0.829. The molecule has 0 radical (unpaired) electrons. The molecule has 1 aromatic heterocycles. The maximum atomic E-state index is 13.0. The molecule has 2 aromatic rings. The van der Waals surface area contributed by atoms with Gasteiger partial charge in [-0.05, 0) is 37.6 Å². The summed E-state index contributed by atoms with van der Waals surface area (Å²) in [6.07, 6.45) is 3.62. The van der Waals surface area contributed by atoms with Gasteiger partial charge in [0, 0.05) is 36.9 Å². The van der Waals surface area contributed by atoms with E-state index in [1.165, 1.54) is 5.56 Å². The Labute approximate surface area is 159 Å². The molecule has 2 heterocycles. The van der Waals surface area contributed by atoms with E-state index in [2.05, 4.69) is 41.5 Å². The average Bonchev–Trinajstić information content (AvgIpc) is 2.63. The molecule has 1 N–H and O–H groups in total. The van der Waals surface area contributed by atoms with Gasteiger partial charge < -0.3 is 10.2 Å². The summed E-state index contributed by atoms with van der Waals surface area (Å²) in [7, 11) is 0. The maximum absolute atomic E-state index is 13.0. The third-order valence-corrected chi connectivity index (χ3v) is 5.38. The van der Waals surface area contributed by atoms with E-state index in [9.17, 15) is 4.79 Å². The van der Waals surface area contributed by atoms with E-state index < -0.39 is 0 Å². The summed E-state index contributed by atoms with van der Waals surface area (Å²) in [4.78, 5) is 20.3. The molecule has 1 saturated heterocycles. The van der Waals surface area contributed by atoms with Crippen LogP contribution in [0.4, 0.5) is 0 Å². The summed E-state index contributed by atoms with van der Waals surface area (Å²) in [6.45, 7) is 6.42. The van der Waals surface area contributed by atoms with Crippen molar-refractivity contribution in [2.24, 2.45) is 0 Å². The molecule has 25 heavy (non-hydrogen) atoms. The molecule has 2 atom stereocenters. The maximum Gasteiger partial charge on any atom is 0.236 e. The fourth-order valence-electron chi connectivity index (χ4n) is 2.94. The van der Waals surface area contributed by atoms with Crippen LogP contribution in [0.25, 0.3) is 0 Å². The van der Waals surface area contributed by atoms with Gasteiger partial charge >= 0.3 is 0 Å². The Morgan fingerprint density at radius 1 is 1.32 bits per heavy atom. The number of rotatable bonds is 4. The highest BCUT2D eigenvalue weighted by atomic mass is 35.5. The Kier molecular flexibility index (Phi) is 7.29. The molecule has 3 rings (SSSR count). The third kappa shape index (κ3) is 4.97. The molecular weight excluding hydrogens is 354 g/mol. The van der Waals surface area contributed by atoms with E-state index in [1.54, 1.807) is 18.0 Å². The van der Waals surface area contributed by atoms with Gasteiger partial charge in [-0.15, -0.1) is 24.2 Å². The number of amides is 1. The summed E-state index contributed by atoms with van der Waals surface area (Å²) in [6, 6.07) is 12.4. The average molecular weight is 378 g/mol. The van der Waals surface area contributed by atoms with Crippen LogP contribution in [0.2, 0.25) is 0 Å². The Bertz CT molecular complexity index is 681. The minimum Gasteiger partial charge on any atom is -0.332 e. The predicted octanol–water partition coefficient (Wildman–Crippen LogP) is 3.47. The zero-order valence-corrected chi connectivity index (χ0v) is 16.1. The van der Waals surface area contributed by atoms with Crippen molar-refractivity contribution in [1.82, 2.24) is 15.2 Å². The first kappa shape index (κ1) is 19.8. The van der Waals surface area contributed by atoms with Crippen molar-refractivity contribution >= 4 is 30.1 Å². The lowest BCUT2D eigenvalue weighted by Gasteiger charge is -2.37. The van der Waals surface area contributed by atoms with Crippen LogP contribution >= 0.6 is 24.2 Å². The van der Waals surface area contributed by atoms with Gasteiger partial charge in [-0.2, -0.15) is 0 Å². The van der Waals surface area contributed by atoms with Crippen LogP contribution in [0.1, 0.15) is 24.1 Å². The number of halogens is 1. The number of hydrogen-bond acceptors (Lipinski definition) is 4. The second-order valence-corrected chi connectivity index (χ2v) is 7.53. The Balaban J connectivity index is 0.00000225. The van der Waals surface area contributed by atoms with Crippen molar-refractivity contribution in [3.05, 3.63) is 59.9 Å². The van der Waals surface area contributed by atoms with Gasteiger partial charge in [0.05, 0.1) is 11.3 Å². The summed E-state index contributed by atoms with van der Waals surface area (Å²) >= 11 is 1.62. The van der Waals surface area contributed by atoms with E-state index >= 15 is 0 Å². The lowest BCUT2D eigenvalue weighted by atomic mass is 10.0. The molecule has 1 aliphatic rings. The molecule has 1 amide bonds. The molecule has 0 spiro atoms. The highest BCUT2D eigenvalue weighted by Gasteiger charge is 2.31. The number of nitrogens with zero attached hydrogens (tertiary/aromatic N) is 2. The minimum absolute atomic E-state index is 0. The number of nitrogens with one attached hydrogen (secondary N) is 1. The number of benzene rings is 1. The van der Waals surface area contributed by atoms with E-state index in [1.807, 2.05) is 30.2 Å². The number of aromatic nitrogens is 1. The van der Waals surface area contributed by atoms with E-state index in [0.29, 0.717) is 0 Å². The number of hydrogen-bond donors (Lipinski definition) is 1. The smallest absolute Gasteiger partial charge is 0.236 e. The van der Waals surface area contributed by atoms with Crippen LogP contribution in [-0.4, -0.2) is 40.7 Å². The van der Waals surface area contributed by atoms with Crippen molar-refractivity contribution in [3.63, 3.8) is 0 Å². The number of carbonyl (C=O) groups excluding carboxylic acids is 1. The predicted molar refractivity (Wildman–Crippen MR) is 105 cm³/mol. The highest BCUT2D eigenvalue weighted by molar-refractivity contribution is 8.00. The topological polar surface area (TPSA) is 45.2 Å². The molecule has 134 valence electrons. The lowest BCUT2D eigenvalue weighted by Crippen LogP contribution is -2.50. The SMILES string of the molecule is Cc1ccc(SC(C)C(=O)N2CCNCC2c2cccnc2)cc1.Cl. The Morgan fingerprint density at radius 2 is 2.08 bits per heavy atom. The molecule has 1 fully saturated rings. The van der Waals surface area contributed by atoms with Gasteiger partial charge in [-0.25, -0.2) is 0 Å². The Hall–Kier alpha value is -1.56. The lowest BCUT2D eigenvalue weighted by molar-refractivity contribution is -0.133. The van der Waals surface area contributed by atoms with Gasteiger partial charge in [0.2, 0.25) is 5.91 Å². The molecular formula is C19H24ClN3OS. The fourth-order valence-corrected chi connectivity index (χ4v) is 3.88. The van der Waals surface area contributed by atoms with E-state index in [-0.39, 0.29) is 29.6 Å². The molecule has 4 nitrogen and oxygen atoms in total. The first-order valence-electron chi connectivity index (χ1n) is 8.29. The van der Waals surface area contributed by atoms with Crippen LogP contribution in [0.5, 0.6) is 0 Å². The van der Waals surface area contributed by atoms with Gasteiger partial charge in [0.25, 0.3) is 0 Å². The van der Waals surface area contributed by atoms with Crippen molar-refractivity contribution in [1.29, 1.82) is 0 Å². The summed E-state index contributed by atoms with van der Waals surface area (Å²) in [5.41, 5.74) is 2.32. The largest absolute Gasteiger partial charge is 0.332 e. The second-order valence-electron chi connectivity index (χ2n) is 6.11. The van der Waals surface area contributed by atoms with Crippen LogP contribution in [-0.2, 0) is 4.79 Å². The minimum atomic E-state index is -0.107. The van der Waals surface area contributed by atoms with Gasteiger partial charge in [-0.1, -0.05) is 23.8 Å². The fraction of sp³-hybridized carbons (Fsp3) is 0.368. The van der Waals surface area contributed by atoms with Crippen molar-refractivity contribution in [2.45, 2.75) is 30.0 Å².